The number of nitrogens with zero attached hydrogens (tertiary/aromatic N) is 1. The van der Waals surface area contributed by atoms with Crippen LogP contribution in [0.15, 0.2) is 16.5 Å². The summed E-state index contributed by atoms with van der Waals surface area (Å²) in [5.74, 6) is 3.13. The summed E-state index contributed by atoms with van der Waals surface area (Å²) in [4.78, 5) is 2.53. The molecule has 0 aromatic carbocycles. The summed E-state index contributed by atoms with van der Waals surface area (Å²) in [6.45, 7) is 9.67. The topological polar surface area (TPSA) is 28.4 Å². The third-order valence-corrected chi connectivity index (χ3v) is 4.05. The zero-order chi connectivity index (χ0) is 13.5. The molecule has 0 spiro atoms. The average molecular weight is 264 g/mol. The number of piperidine rings is 1. The van der Waals surface area contributed by atoms with E-state index < -0.39 is 0 Å². The summed E-state index contributed by atoms with van der Waals surface area (Å²) in [6.07, 6.45) is 5.45. The second-order valence-electron chi connectivity index (χ2n) is 5.66. The number of hydrogen-bond donors (Lipinski definition) is 1. The van der Waals surface area contributed by atoms with Crippen LogP contribution in [0, 0.1) is 5.92 Å². The van der Waals surface area contributed by atoms with Crippen molar-refractivity contribution in [3.8, 4) is 0 Å². The fourth-order valence-corrected chi connectivity index (χ4v) is 2.91. The molecular weight excluding hydrogens is 236 g/mol. The molecule has 1 N–H and O–H groups in total. The van der Waals surface area contributed by atoms with Gasteiger partial charge in [-0.25, -0.2) is 0 Å². The van der Waals surface area contributed by atoms with Gasteiger partial charge in [-0.15, -0.1) is 0 Å². The van der Waals surface area contributed by atoms with Crippen molar-refractivity contribution < 1.29 is 4.42 Å². The minimum atomic E-state index is 0.842. The highest BCUT2D eigenvalue weighted by Crippen LogP contribution is 2.23. The molecule has 1 aromatic rings. The van der Waals surface area contributed by atoms with Crippen LogP contribution >= 0.6 is 0 Å². The third kappa shape index (κ3) is 4.66. The molecule has 0 aliphatic carbocycles. The van der Waals surface area contributed by atoms with Gasteiger partial charge in [-0.05, 0) is 50.5 Å². The molecule has 0 atom stereocenters. The van der Waals surface area contributed by atoms with Crippen LogP contribution in [0.1, 0.15) is 51.1 Å². The molecule has 2 rings (SSSR count). The van der Waals surface area contributed by atoms with Gasteiger partial charge in [0, 0.05) is 0 Å². The lowest BCUT2D eigenvalue weighted by atomic mass is 9.92. The van der Waals surface area contributed by atoms with Crippen molar-refractivity contribution in [2.24, 2.45) is 5.92 Å². The van der Waals surface area contributed by atoms with Gasteiger partial charge in [0.25, 0.3) is 0 Å². The van der Waals surface area contributed by atoms with Crippen molar-refractivity contribution >= 4 is 0 Å². The second kappa shape index (κ2) is 7.71. The molecule has 1 fully saturated rings. The molecule has 1 saturated heterocycles. The molecular formula is C16H28N2O. The smallest absolute Gasteiger partial charge is 0.118 e. The van der Waals surface area contributed by atoms with E-state index in [1.807, 2.05) is 0 Å². The van der Waals surface area contributed by atoms with Crippen molar-refractivity contribution in [1.29, 1.82) is 0 Å². The van der Waals surface area contributed by atoms with Crippen LogP contribution in [0.4, 0.5) is 0 Å². The van der Waals surface area contributed by atoms with E-state index in [-0.39, 0.29) is 0 Å². The molecule has 1 aromatic heterocycles. The second-order valence-corrected chi connectivity index (χ2v) is 5.66. The van der Waals surface area contributed by atoms with E-state index in [9.17, 15) is 0 Å². The van der Waals surface area contributed by atoms with Gasteiger partial charge >= 0.3 is 0 Å². The lowest BCUT2D eigenvalue weighted by Gasteiger charge is -2.31. The highest BCUT2D eigenvalue weighted by Gasteiger charge is 2.19. The Hall–Kier alpha value is -0.800. The maximum Gasteiger partial charge on any atom is 0.118 e. The predicted molar refractivity (Wildman–Crippen MR) is 79.0 cm³/mol. The maximum absolute atomic E-state index is 5.86. The summed E-state index contributed by atoms with van der Waals surface area (Å²) in [7, 11) is 0. The van der Waals surface area contributed by atoms with Crippen molar-refractivity contribution in [1.82, 2.24) is 10.2 Å². The van der Waals surface area contributed by atoms with Crippen molar-refractivity contribution in [2.75, 3.05) is 19.6 Å². The number of furan rings is 1. The Morgan fingerprint density at radius 2 is 1.95 bits per heavy atom. The summed E-state index contributed by atoms with van der Waals surface area (Å²) in [5, 5.41) is 3.29. The fraction of sp³-hybridized carbons (Fsp3) is 0.750. The standard InChI is InChI=1S/C16H28N2O/c1-3-5-14-8-10-18(11-9-14)13-16-7-6-15(19-16)12-17-4-2/h6-7,14,17H,3-5,8-13H2,1-2H3. The highest BCUT2D eigenvalue weighted by molar-refractivity contribution is 5.07. The van der Waals surface area contributed by atoms with Crippen LogP contribution in [-0.2, 0) is 13.1 Å². The van der Waals surface area contributed by atoms with E-state index >= 15 is 0 Å². The summed E-state index contributed by atoms with van der Waals surface area (Å²) < 4.78 is 5.86. The first-order chi connectivity index (χ1) is 9.31. The van der Waals surface area contributed by atoms with Crippen LogP contribution in [0.3, 0.4) is 0 Å². The monoisotopic (exact) mass is 264 g/mol. The molecule has 0 bridgehead atoms. The quantitative estimate of drug-likeness (QED) is 0.818. The minimum absolute atomic E-state index is 0.842. The average Bonchev–Trinajstić information content (AvgIpc) is 2.87. The van der Waals surface area contributed by atoms with Crippen LogP contribution in [-0.4, -0.2) is 24.5 Å². The SMILES string of the molecule is CCCC1CCN(Cc2ccc(CNCC)o2)CC1. The predicted octanol–water partition coefficient (Wildman–Crippen LogP) is 3.40. The van der Waals surface area contributed by atoms with Gasteiger partial charge in [-0.3, -0.25) is 4.90 Å². The Bertz CT molecular complexity index is 353. The van der Waals surface area contributed by atoms with Gasteiger partial charge in [-0.1, -0.05) is 26.7 Å². The van der Waals surface area contributed by atoms with E-state index in [1.54, 1.807) is 0 Å². The van der Waals surface area contributed by atoms with Crippen LogP contribution in [0.5, 0.6) is 0 Å². The Kier molecular flexibility index (Phi) is 5.93. The molecule has 0 amide bonds. The molecule has 108 valence electrons. The van der Waals surface area contributed by atoms with E-state index in [4.69, 9.17) is 4.42 Å². The van der Waals surface area contributed by atoms with Crippen LogP contribution < -0.4 is 5.32 Å². The lowest BCUT2D eigenvalue weighted by molar-refractivity contribution is 0.161. The van der Waals surface area contributed by atoms with Crippen molar-refractivity contribution in [3.05, 3.63) is 23.7 Å². The lowest BCUT2D eigenvalue weighted by Crippen LogP contribution is -2.33. The van der Waals surface area contributed by atoms with E-state index in [1.165, 1.54) is 38.8 Å². The van der Waals surface area contributed by atoms with E-state index in [0.29, 0.717) is 0 Å². The van der Waals surface area contributed by atoms with Crippen LogP contribution in [0.25, 0.3) is 0 Å². The van der Waals surface area contributed by atoms with Gasteiger partial charge in [0.2, 0.25) is 0 Å². The molecule has 2 heterocycles. The fourth-order valence-electron chi connectivity index (χ4n) is 2.91. The van der Waals surface area contributed by atoms with Gasteiger partial charge < -0.3 is 9.73 Å². The molecule has 0 radical (unpaired) electrons. The van der Waals surface area contributed by atoms with Crippen molar-refractivity contribution in [2.45, 2.75) is 52.6 Å². The Labute approximate surface area is 117 Å². The summed E-state index contributed by atoms with van der Waals surface area (Å²) in [6, 6.07) is 4.23. The van der Waals surface area contributed by atoms with Gasteiger partial charge in [0.1, 0.15) is 11.5 Å². The normalized spacial score (nSPS) is 18.0. The molecule has 19 heavy (non-hydrogen) atoms. The first-order valence-corrected chi connectivity index (χ1v) is 7.82. The number of rotatable bonds is 7. The first-order valence-electron chi connectivity index (χ1n) is 7.82. The van der Waals surface area contributed by atoms with Gasteiger partial charge in [-0.2, -0.15) is 0 Å². The maximum atomic E-state index is 5.86. The molecule has 3 nitrogen and oxygen atoms in total. The first kappa shape index (κ1) is 14.6. The van der Waals surface area contributed by atoms with E-state index in [0.717, 1.165) is 37.1 Å². The highest BCUT2D eigenvalue weighted by atomic mass is 16.3. The summed E-state index contributed by atoms with van der Waals surface area (Å²) in [5.41, 5.74) is 0. The largest absolute Gasteiger partial charge is 0.463 e. The Morgan fingerprint density at radius 1 is 1.21 bits per heavy atom. The number of hydrogen-bond acceptors (Lipinski definition) is 3. The summed E-state index contributed by atoms with van der Waals surface area (Å²) >= 11 is 0. The van der Waals surface area contributed by atoms with Gasteiger partial charge in [0.05, 0.1) is 13.1 Å². The van der Waals surface area contributed by atoms with Crippen LogP contribution in [0.2, 0.25) is 0 Å². The molecule has 1 aliphatic heterocycles. The van der Waals surface area contributed by atoms with Gasteiger partial charge in [0.15, 0.2) is 0 Å². The Balaban J connectivity index is 1.74. The Morgan fingerprint density at radius 3 is 2.63 bits per heavy atom. The van der Waals surface area contributed by atoms with Crippen molar-refractivity contribution in [3.63, 3.8) is 0 Å². The number of nitrogens with one attached hydrogen (secondary N) is 1. The molecule has 0 saturated carbocycles. The zero-order valence-electron chi connectivity index (χ0n) is 12.5. The van der Waals surface area contributed by atoms with E-state index in [2.05, 4.69) is 36.2 Å². The molecule has 1 aliphatic rings. The third-order valence-electron chi connectivity index (χ3n) is 4.05. The zero-order valence-corrected chi connectivity index (χ0v) is 12.5. The molecule has 3 heteroatoms. The number of likely N-dealkylation sites (tertiary alicyclic amines) is 1. The minimum Gasteiger partial charge on any atom is -0.463 e. The molecule has 0 unspecified atom stereocenters.